The summed E-state index contributed by atoms with van der Waals surface area (Å²) in [6.45, 7) is 3.87. The maximum absolute atomic E-state index is 11.0. The molecule has 0 aliphatic rings. The van der Waals surface area contributed by atoms with Crippen molar-refractivity contribution < 1.29 is 9.53 Å². The molecule has 0 spiro atoms. The van der Waals surface area contributed by atoms with Gasteiger partial charge < -0.3 is 10.1 Å². The second-order valence-corrected chi connectivity index (χ2v) is 2.74. The maximum Gasteiger partial charge on any atom is 0.407 e. The van der Waals surface area contributed by atoms with Crippen molar-refractivity contribution in [2.45, 2.75) is 26.5 Å². The molecule has 0 aliphatic heterocycles. The molecule has 1 heterocycles. The SMILES string of the molecule is CC(C)OC(=O)NCc1ncn[nH]1. The highest BCUT2D eigenvalue weighted by molar-refractivity contribution is 5.67. The molecule has 0 fully saturated rings. The van der Waals surface area contributed by atoms with Gasteiger partial charge in [-0.15, -0.1) is 0 Å². The van der Waals surface area contributed by atoms with Crippen molar-refractivity contribution in [3.05, 3.63) is 12.2 Å². The van der Waals surface area contributed by atoms with Crippen molar-refractivity contribution in [1.29, 1.82) is 0 Å². The molecule has 6 heteroatoms. The average molecular weight is 184 g/mol. The van der Waals surface area contributed by atoms with E-state index in [0.29, 0.717) is 12.4 Å². The van der Waals surface area contributed by atoms with E-state index in [-0.39, 0.29) is 6.10 Å². The molecule has 72 valence electrons. The van der Waals surface area contributed by atoms with E-state index in [4.69, 9.17) is 4.74 Å². The third-order valence-corrected chi connectivity index (χ3v) is 1.21. The Morgan fingerprint density at radius 3 is 3.08 bits per heavy atom. The van der Waals surface area contributed by atoms with Crippen molar-refractivity contribution in [1.82, 2.24) is 20.5 Å². The highest BCUT2D eigenvalue weighted by Gasteiger charge is 2.04. The molecule has 0 radical (unpaired) electrons. The Hall–Kier alpha value is -1.59. The molecule has 1 aromatic rings. The Labute approximate surface area is 75.7 Å². The molecule has 13 heavy (non-hydrogen) atoms. The first kappa shape index (κ1) is 9.50. The fourth-order valence-corrected chi connectivity index (χ4v) is 0.728. The topological polar surface area (TPSA) is 79.9 Å². The second-order valence-electron chi connectivity index (χ2n) is 2.74. The summed E-state index contributed by atoms with van der Waals surface area (Å²) in [6, 6.07) is 0. The second kappa shape index (κ2) is 4.44. The molecule has 6 nitrogen and oxygen atoms in total. The van der Waals surface area contributed by atoms with Gasteiger partial charge in [-0.2, -0.15) is 5.10 Å². The lowest BCUT2D eigenvalue weighted by Crippen LogP contribution is -2.26. The monoisotopic (exact) mass is 184 g/mol. The fraction of sp³-hybridized carbons (Fsp3) is 0.571. The number of H-pyrrole nitrogens is 1. The van der Waals surface area contributed by atoms with Crippen LogP contribution < -0.4 is 5.32 Å². The van der Waals surface area contributed by atoms with Crippen LogP contribution in [0.5, 0.6) is 0 Å². The van der Waals surface area contributed by atoms with E-state index in [2.05, 4.69) is 20.5 Å². The van der Waals surface area contributed by atoms with Crippen LogP contribution in [0.3, 0.4) is 0 Å². The predicted molar refractivity (Wildman–Crippen MR) is 44.8 cm³/mol. The Bertz CT molecular complexity index is 257. The first-order valence-corrected chi connectivity index (χ1v) is 3.97. The maximum atomic E-state index is 11.0. The van der Waals surface area contributed by atoms with Gasteiger partial charge in [0.05, 0.1) is 12.6 Å². The summed E-state index contributed by atoms with van der Waals surface area (Å²) in [5, 5.41) is 8.77. The number of hydrogen-bond acceptors (Lipinski definition) is 4. The van der Waals surface area contributed by atoms with Crippen LogP contribution in [-0.2, 0) is 11.3 Å². The van der Waals surface area contributed by atoms with Gasteiger partial charge in [0.25, 0.3) is 0 Å². The first-order valence-electron chi connectivity index (χ1n) is 3.97. The summed E-state index contributed by atoms with van der Waals surface area (Å²) in [6.07, 6.45) is 0.811. The van der Waals surface area contributed by atoms with E-state index in [0.717, 1.165) is 0 Å². The van der Waals surface area contributed by atoms with Gasteiger partial charge in [-0.3, -0.25) is 5.10 Å². The molecule has 0 bridgehead atoms. The molecule has 0 unspecified atom stereocenters. The van der Waals surface area contributed by atoms with Crippen LogP contribution in [0.15, 0.2) is 6.33 Å². The standard InChI is InChI=1S/C7H12N4O2/c1-5(2)13-7(12)8-3-6-9-4-10-11-6/h4-5H,3H2,1-2H3,(H,8,12)(H,9,10,11). The van der Waals surface area contributed by atoms with Crippen LogP contribution in [0.2, 0.25) is 0 Å². The summed E-state index contributed by atoms with van der Waals surface area (Å²) in [4.78, 5) is 14.8. The molecule has 1 rings (SSSR count). The Morgan fingerprint density at radius 1 is 1.77 bits per heavy atom. The van der Waals surface area contributed by atoms with Crippen LogP contribution >= 0.6 is 0 Å². The lowest BCUT2D eigenvalue weighted by Gasteiger charge is -2.07. The van der Waals surface area contributed by atoms with Gasteiger partial charge in [-0.05, 0) is 13.8 Å². The minimum absolute atomic E-state index is 0.116. The number of rotatable bonds is 3. The average Bonchev–Trinajstić information content (AvgIpc) is 2.51. The van der Waals surface area contributed by atoms with Crippen LogP contribution in [0.1, 0.15) is 19.7 Å². The molecular weight excluding hydrogens is 172 g/mol. The third kappa shape index (κ3) is 3.55. The van der Waals surface area contributed by atoms with Crippen LogP contribution in [-0.4, -0.2) is 27.4 Å². The fourth-order valence-electron chi connectivity index (χ4n) is 0.728. The molecule has 2 N–H and O–H groups in total. The number of carbonyl (C=O) groups is 1. The molecule has 0 saturated carbocycles. The normalized spacial score (nSPS) is 10.1. The Kier molecular flexibility index (Phi) is 3.24. The molecule has 1 aromatic heterocycles. The molecule has 0 saturated heterocycles. The van der Waals surface area contributed by atoms with Gasteiger partial charge in [-0.1, -0.05) is 0 Å². The zero-order valence-electron chi connectivity index (χ0n) is 7.57. The molecule has 1 amide bonds. The predicted octanol–water partition coefficient (Wildman–Crippen LogP) is 0.439. The summed E-state index contributed by atoms with van der Waals surface area (Å²) in [5.41, 5.74) is 0. The number of amides is 1. The first-order chi connectivity index (χ1) is 6.18. The Morgan fingerprint density at radius 2 is 2.54 bits per heavy atom. The zero-order valence-corrected chi connectivity index (χ0v) is 7.57. The summed E-state index contributed by atoms with van der Waals surface area (Å²) in [7, 11) is 0. The van der Waals surface area contributed by atoms with E-state index < -0.39 is 6.09 Å². The van der Waals surface area contributed by atoms with Gasteiger partial charge in [0.2, 0.25) is 0 Å². The van der Waals surface area contributed by atoms with E-state index >= 15 is 0 Å². The Balaban J connectivity index is 2.23. The number of aromatic amines is 1. The summed E-state index contributed by atoms with van der Waals surface area (Å²) >= 11 is 0. The summed E-state index contributed by atoms with van der Waals surface area (Å²) < 4.78 is 4.84. The molecule has 0 aliphatic carbocycles. The van der Waals surface area contributed by atoms with Gasteiger partial charge >= 0.3 is 6.09 Å². The van der Waals surface area contributed by atoms with Gasteiger partial charge in [-0.25, -0.2) is 9.78 Å². The highest BCUT2D eigenvalue weighted by atomic mass is 16.6. The zero-order chi connectivity index (χ0) is 9.68. The van der Waals surface area contributed by atoms with Gasteiger partial charge in [0.1, 0.15) is 12.2 Å². The summed E-state index contributed by atoms with van der Waals surface area (Å²) in [5.74, 6) is 0.598. The third-order valence-electron chi connectivity index (χ3n) is 1.21. The minimum atomic E-state index is -0.452. The number of carbonyl (C=O) groups excluding carboxylic acids is 1. The largest absolute Gasteiger partial charge is 0.447 e. The highest BCUT2D eigenvalue weighted by Crippen LogP contribution is 1.90. The number of nitrogens with zero attached hydrogens (tertiary/aromatic N) is 2. The van der Waals surface area contributed by atoms with Crippen molar-refractivity contribution in [3.63, 3.8) is 0 Å². The van der Waals surface area contributed by atoms with Crippen molar-refractivity contribution in [3.8, 4) is 0 Å². The molecule has 0 atom stereocenters. The van der Waals surface area contributed by atoms with Crippen LogP contribution in [0.25, 0.3) is 0 Å². The van der Waals surface area contributed by atoms with Crippen LogP contribution in [0.4, 0.5) is 4.79 Å². The van der Waals surface area contributed by atoms with E-state index in [9.17, 15) is 4.79 Å². The van der Waals surface area contributed by atoms with Gasteiger partial charge in [0.15, 0.2) is 0 Å². The minimum Gasteiger partial charge on any atom is -0.447 e. The van der Waals surface area contributed by atoms with Crippen molar-refractivity contribution >= 4 is 6.09 Å². The van der Waals surface area contributed by atoms with E-state index in [1.807, 2.05) is 0 Å². The van der Waals surface area contributed by atoms with E-state index in [1.54, 1.807) is 13.8 Å². The van der Waals surface area contributed by atoms with Crippen molar-refractivity contribution in [2.75, 3.05) is 0 Å². The number of ether oxygens (including phenoxy) is 1. The number of hydrogen-bond donors (Lipinski definition) is 2. The molecule has 0 aromatic carbocycles. The quantitative estimate of drug-likeness (QED) is 0.714. The van der Waals surface area contributed by atoms with Crippen LogP contribution in [0, 0.1) is 0 Å². The van der Waals surface area contributed by atoms with Gasteiger partial charge in [0, 0.05) is 0 Å². The lowest BCUT2D eigenvalue weighted by molar-refractivity contribution is 0.115. The van der Waals surface area contributed by atoms with Crippen molar-refractivity contribution in [2.24, 2.45) is 0 Å². The lowest BCUT2D eigenvalue weighted by atomic mass is 10.5. The molecular formula is C7H12N4O2. The smallest absolute Gasteiger partial charge is 0.407 e. The number of aromatic nitrogens is 3. The number of nitrogens with one attached hydrogen (secondary N) is 2. The number of alkyl carbamates (subject to hydrolysis) is 1. The van der Waals surface area contributed by atoms with E-state index in [1.165, 1.54) is 6.33 Å².